The molecule has 0 unspecified atom stereocenters. The van der Waals surface area contributed by atoms with Gasteiger partial charge < -0.3 is 10.2 Å². The Balaban J connectivity index is 1.63. The number of amides is 3. The summed E-state index contributed by atoms with van der Waals surface area (Å²) in [4.78, 5) is 40.8. The summed E-state index contributed by atoms with van der Waals surface area (Å²) in [5, 5.41) is 4.48. The number of carbonyl (C=O) groups excluding carboxylic acids is 2. The van der Waals surface area contributed by atoms with Gasteiger partial charge in [-0.05, 0) is 31.5 Å². The second-order valence-electron chi connectivity index (χ2n) is 7.04. The van der Waals surface area contributed by atoms with Crippen molar-refractivity contribution in [3.05, 3.63) is 36.3 Å². The molecule has 9 nitrogen and oxygen atoms in total. The lowest BCUT2D eigenvalue weighted by Gasteiger charge is -2.35. The van der Waals surface area contributed by atoms with E-state index in [4.69, 9.17) is 0 Å². The minimum atomic E-state index is -4.57. The zero-order valence-corrected chi connectivity index (χ0v) is 15.8. The molecule has 0 aromatic carbocycles. The van der Waals surface area contributed by atoms with Crippen molar-refractivity contribution >= 4 is 29.4 Å². The van der Waals surface area contributed by atoms with Crippen LogP contribution >= 0.6 is 0 Å². The molecule has 2 aromatic rings. The Labute approximate surface area is 169 Å². The highest BCUT2D eigenvalue weighted by Crippen LogP contribution is 2.39. The van der Waals surface area contributed by atoms with Crippen LogP contribution in [0.3, 0.4) is 0 Å². The molecule has 1 saturated heterocycles. The summed E-state index contributed by atoms with van der Waals surface area (Å²) in [6.07, 6.45) is -0.929. The lowest BCUT2D eigenvalue weighted by Crippen LogP contribution is -2.49. The van der Waals surface area contributed by atoms with Crippen molar-refractivity contribution in [2.24, 2.45) is 0 Å². The van der Waals surface area contributed by atoms with Crippen molar-refractivity contribution in [1.29, 1.82) is 0 Å². The van der Waals surface area contributed by atoms with Crippen LogP contribution in [0.2, 0.25) is 0 Å². The van der Waals surface area contributed by atoms with Gasteiger partial charge in [-0.15, -0.1) is 0 Å². The van der Waals surface area contributed by atoms with Crippen molar-refractivity contribution in [1.82, 2.24) is 20.3 Å². The SMILES string of the molecule is C[C@@H](NC(=O)c1ccc2c(n1)N(C(=O)Nc1ncccn1)[C@H]1CCN2C1)C(F)(F)F. The van der Waals surface area contributed by atoms with Crippen molar-refractivity contribution in [2.45, 2.75) is 31.6 Å². The number of alkyl halides is 3. The molecule has 0 aliphatic carbocycles. The van der Waals surface area contributed by atoms with E-state index in [0.717, 1.165) is 6.92 Å². The topological polar surface area (TPSA) is 103 Å². The number of nitrogens with zero attached hydrogens (tertiary/aromatic N) is 5. The molecule has 2 bridgehead atoms. The number of hydrogen-bond acceptors (Lipinski definition) is 6. The van der Waals surface area contributed by atoms with E-state index in [0.29, 0.717) is 25.2 Å². The molecule has 4 heterocycles. The highest BCUT2D eigenvalue weighted by Gasteiger charge is 2.41. The van der Waals surface area contributed by atoms with Crippen LogP contribution in [0.4, 0.5) is 35.4 Å². The van der Waals surface area contributed by atoms with Crippen molar-refractivity contribution in [2.75, 3.05) is 28.2 Å². The quantitative estimate of drug-likeness (QED) is 0.788. The number of urea groups is 1. The van der Waals surface area contributed by atoms with Crippen LogP contribution in [0.25, 0.3) is 0 Å². The third-order valence-electron chi connectivity index (χ3n) is 5.03. The number of hydrogen-bond donors (Lipinski definition) is 2. The molecule has 12 heteroatoms. The molecule has 1 fully saturated rings. The molecule has 0 radical (unpaired) electrons. The summed E-state index contributed by atoms with van der Waals surface area (Å²) in [5.41, 5.74) is 0.425. The number of nitrogens with one attached hydrogen (secondary N) is 2. The van der Waals surface area contributed by atoms with Gasteiger partial charge in [-0.2, -0.15) is 13.2 Å². The first-order valence-corrected chi connectivity index (χ1v) is 9.25. The molecular formula is C18H18F3N7O2. The van der Waals surface area contributed by atoms with E-state index < -0.39 is 24.2 Å². The fourth-order valence-corrected chi connectivity index (χ4v) is 3.47. The van der Waals surface area contributed by atoms with Gasteiger partial charge in [0.25, 0.3) is 5.91 Å². The Morgan fingerprint density at radius 3 is 2.67 bits per heavy atom. The fourth-order valence-electron chi connectivity index (χ4n) is 3.47. The molecule has 2 N–H and O–H groups in total. The Morgan fingerprint density at radius 2 is 1.97 bits per heavy atom. The summed E-state index contributed by atoms with van der Waals surface area (Å²) in [6, 6.07) is 1.80. The van der Waals surface area contributed by atoms with Crippen molar-refractivity contribution in [3.8, 4) is 0 Å². The standard InChI is InChI=1S/C18H18F3N7O2/c1-10(18(19,20)21)24-15(29)12-3-4-13-14(25-12)28(11-5-8-27(13)9-11)17(30)26-16-22-6-2-7-23-16/h2-4,6-7,10-11H,5,8-9H2,1H3,(H,24,29)(H,22,23,26,30)/t10-,11+/m1/s1. The third-order valence-corrected chi connectivity index (χ3v) is 5.03. The Hall–Kier alpha value is -3.44. The molecular weight excluding hydrogens is 403 g/mol. The van der Waals surface area contributed by atoms with Crippen LogP contribution in [-0.4, -0.2) is 58.2 Å². The number of halogens is 3. The molecule has 0 spiro atoms. The Morgan fingerprint density at radius 1 is 1.23 bits per heavy atom. The second kappa shape index (κ2) is 7.43. The lowest BCUT2D eigenvalue weighted by molar-refractivity contribution is -0.149. The number of anilines is 3. The molecule has 2 aliphatic rings. The van der Waals surface area contributed by atoms with Crippen LogP contribution in [0, 0.1) is 0 Å². The summed E-state index contributed by atoms with van der Waals surface area (Å²) < 4.78 is 38.3. The monoisotopic (exact) mass is 421 g/mol. The van der Waals surface area contributed by atoms with Crippen LogP contribution in [-0.2, 0) is 0 Å². The van der Waals surface area contributed by atoms with Gasteiger partial charge in [0.1, 0.15) is 11.7 Å². The summed E-state index contributed by atoms with van der Waals surface area (Å²) in [7, 11) is 0. The van der Waals surface area contributed by atoms with E-state index in [2.05, 4.69) is 20.3 Å². The summed E-state index contributed by atoms with van der Waals surface area (Å²) in [5.74, 6) is -0.649. The average molecular weight is 421 g/mol. The number of pyridine rings is 1. The normalized spacial score (nSPS) is 18.6. The maximum Gasteiger partial charge on any atom is 0.408 e. The minimum Gasteiger partial charge on any atom is -0.366 e. The molecule has 2 aliphatic heterocycles. The van der Waals surface area contributed by atoms with Gasteiger partial charge in [-0.1, -0.05) is 0 Å². The lowest BCUT2D eigenvalue weighted by atomic mass is 10.1. The third kappa shape index (κ3) is 3.72. The highest BCUT2D eigenvalue weighted by atomic mass is 19.4. The maximum atomic E-state index is 12.9. The zero-order valence-electron chi connectivity index (χ0n) is 15.8. The van der Waals surface area contributed by atoms with Crippen molar-refractivity contribution < 1.29 is 22.8 Å². The Kier molecular flexibility index (Phi) is 4.92. The molecule has 4 rings (SSSR count). The van der Waals surface area contributed by atoms with E-state index in [1.165, 1.54) is 23.4 Å². The summed E-state index contributed by atoms with van der Waals surface area (Å²) in [6.45, 7) is 2.14. The van der Waals surface area contributed by atoms with Gasteiger partial charge in [-0.3, -0.25) is 15.0 Å². The van der Waals surface area contributed by atoms with Crippen LogP contribution in [0.15, 0.2) is 30.6 Å². The van der Waals surface area contributed by atoms with Gasteiger partial charge in [-0.25, -0.2) is 19.7 Å². The van der Waals surface area contributed by atoms with Crippen molar-refractivity contribution in [3.63, 3.8) is 0 Å². The fraction of sp³-hybridized carbons (Fsp3) is 0.389. The van der Waals surface area contributed by atoms with Gasteiger partial charge in [0.2, 0.25) is 5.95 Å². The zero-order chi connectivity index (χ0) is 21.5. The maximum absolute atomic E-state index is 12.9. The van der Waals surface area contributed by atoms with E-state index in [9.17, 15) is 22.8 Å². The van der Waals surface area contributed by atoms with Gasteiger partial charge >= 0.3 is 12.2 Å². The van der Waals surface area contributed by atoms with Gasteiger partial charge in [0.05, 0.1) is 11.7 Å². The van der Waals surface area contributed by atoms with E-state index in [1.807, 2.05) is 10.2 Å². The molecule has 0 saturated carbocycles. The number of fused-ring (bicyclic) bond motifs is 4. The predicted molar refractivity (Wildman–Crippen MR) is 101 cm³/mol. The number of carbonyl (C=O) groups is 2. The van der Waals surface area contributed by atoms with Crippen LogP contribution in [0.1, 0.15) is 23.8 Å². The average Bonchev–Trinajstić information content (AvgIpc) is 3.12. The molecule has 3 amide bonds. The highest BCUT2D eigenvalue weighted by molar-refractivity contribution is 6.04. The smallest absolute Gasteiger partial charge is 0.366 e. The molecule has 158 valence electrons. The van der Waals surface area contributed by atoms with Crippen LogP contribution in [0.5, 0.6) is 0 Å². The van der Waals surface area contributed by atoms with Crippen LogP contribution < -0.4 is 20.4 Å². The van der Waals surface area contributed by atoms with E-state index in [-0.39, 0.29) is 23.5 Å². The first-order chi connectivity index (χ1) is 14.2. The second-order valence-corrected chi connectivity index (χ2v) is 7.04. The van der Waals surface area contributed by atoms with E-state index in [1.54, 1.807) is 12.1 Å². The number of rotatable bonds is 3. The number of aromatic nitrogens is 3. The largest absolute Gasteiger partial charge is 0.408 e. The first kappa shape index (κ1) is 19.9. The predicted octanol–water partition coefficient (Wildman–Crippen LogP) is 2.18. The van der Waals surface area contributed by atoms with E-state index >= 15 is 0 Å². The Bertz CT molecular complexity index is 970. The van der Waals surface area contributed by atoms with Gasteiger partial charge in [0.15, 0.2) is 5.82 Å². The van der Waals surface area contributed by atoms with Gasteiger partial charge in [0, 0.05) is 25.5 Å². The molecule has 30 heavy (non-hydrogen) atoms. The molecule has 2 atom stereocenters. The minimum absolute atomic E-state index is 0.109. The molecule has 2 aromatic heterocycles. The summed E-state index contributed by atoms with van der Waals surface area (Å²) >= 11 is 0. The first-order valence-electron chi connectivity index (χ1n) is 9.25.